The second-order valence-corrected chi connectivity index (χ2v) is 7.53. The summed E-state index contributed by atoms with van der Waals surface area (Å²) in [5.74, 6) is -0.181. The van der Waals surface area contributed by atoms with E-state index < -0.39 is 23.2 Å². The molecule has 0 spiro atoms. The van der Waals surface area contributed by atoms with Crippen LogP contribution in [0.3, 0.4) is 0 Å². The number of nitrogens with one attached hydrogen (secondary N) is 2. The molecular weight excluding hydrogens is 394 g/mol. The van der Waals surface area contributed by atoms with Gasteiger partial charge in [0.15, 0.2) is 5.58 Å². The Morgan fingerprint density at radius 2 is 1.94 bits per heavy atom. The number of aromatic nitrogens is 3. The lowest BCUT2D eigenvalue weighted by Crippen LogP contribution is -2.40. The van der Waals surface area contributed by atoms with Gasteiger partial charge in [0.25, 0.3) is 0 Å². The molecule has 6 radical (unpaired) electrons. The van der Waals surface area contributed by atoms with Gasteiger partial charge in [-0.3, -0.25) is 4.79 Å². The van der Waals surface area contributed by atoms with Crippen LogP contribution in [-0.2, 0) is 4.79 Å². The Hall–Kier alpha value is -3.36. The van der Waals surface area contributed by atoms with E-state index in [4.69, 9.17) is 28.0 Å². The summed E-state index contributed by atoms with van der Waals surface area (Å²) in [6.45, 7) is 0. The summed E-state index contributed by atoms with van der Waals surface area (Å²) in [6, 6.07) is 8.96. The van der Waals surface area contributed by atoms with E-state index in [1.54, 1.807) is 12.1 Å². The third-order valence-electron chi connectivity index (χ3n) is 4.93. The van der Waals surface area contributed by atoms with E-state index in [1.807, 2.05) is 18.2 Å². The van der Waals surface area contributed by atoms with Gasteiger partial charge in [0, 0.05) is 23.2 Å². The number of hydrogen-bond acceptors (Lipinski definition) is 6. The van der Waals surface area contributed by atoms with Gasteiger partial charge in [-0.25, -0.2) is 19.3 Å². The number of carbonyl (C=O) groups excluding carboxylic acids is 1. The first-order valence-electron chi connectivity index (χ1n) is 9.53. The fourth-order valence-electron chi connectivity index (χ4n) is 3.32. The van der Waals surface area contributed by atoms with Gasteiger partial charge in [0.1, 0.15) is 23.3 Å². The predicted molar refractivity (Wildman–Crippen MR) is 118 cm³/mol. The minimum Gasteiger partial charge on any atom is -0.436 e. The van der Waals surface area contributed by atoms with Crippen LogP contribution in [-0.4, -0.2) is 55.8 Å². The number of hydrogen-bond donors (Lipinski definition) is 2. The summed E-state index contributed by atoms with van der Waals surface area (Å²) >= 11 is 0. The van der Waals surface area contributed by atoms with Gasteiger partial charge < -0.3 is 15.1 Å². The minimum atomic E-state index is -1.71. The van der Waals surface area contributed by atoms with Gasteiger partial charge in [0.2, 0.25) is 11.8 Å². The molecule has 146 valence electrons. The highest BCUT2D eigenvalue weighted by Crippen LogP contribution is 2.36. The second kappa shape index (κ2) is 7.11. The van der Waals surface area contributed by atoms with Crippen molar-refractivity contribution in [3.8, 4) is 11.5 Å². The Balaban J connectivity index is 1.63. The van der Waals surface area contributed by atoms with E-state index >= 15 is 0 Å². The number of fused-ring (bicyclic) bond motifs is 2. The van der Waals surface area contributed by atoms with Crippen molar-refractivity contribution >= 4 is 63.0 Å². The lowest BCUT2D eigenvalue weighted by atomic mass is 9.49. The molecular formula is C20H13B3FN5O2. The Morgan fingerprint density at radius 1 is 1.16 bits per heavy atom. The average molecular weight is 407 g/mol. The average Bonchev–Trinajstić information content (AvgIpc) is 3.29. The van der Waals surface area contributed by atoms with Gasteiger partial charge in [-0.1, -0.05) is 17.4 Å². The highest BCUT2D eigenvalue weighted by molar-refractivity contribution is 6.60. The van der Waals surface area contributed by atoms with Gasteiger partial charge in [-0.05, 0) is 24.6 Å². The molecule has 1 aromatic carbocycles. The molecule has 7 nitrogen and oxygen atoms in total. The van der Waals surface area contributed by atoms with E-state index in [9.17, 15) is 9.18 Å². The van der Waals surface area contributed by atoms with Crippen molar-refractivity contribution in [1.29, 1.82) is 0 Å². The van der Waals surface area contributed by atoms with E-state index in [1.165, 1.54) is 12.4 Å². The van der Waals surface area contributed by atoms with Gasteiger partial charge >= 0.3 is 0 Å². The first-order chi connectivity index (χ1) is 14.8. The molecule has 2 atom stereocenters. The van der Waals surface area contributed by atoms with E-state index in [0.717, 1.165) is 0 Å². The van der Waals surface area contributed by atoms with Crippen LogP contribution in [0, 0.1) is 5.92 Å². The zero-order chi connectivity index (χ0) is 21.8. The number of pyridine rings is 2. The summed E-state index contributed by atoms with van der Waals surface area (Å²) in [7, 11) is 17.0. The molecule has 1 fully saturated rings. The molecule has 11 heteroatoms. The van der Waals surface area contributed by atoms with Crippen LogP contribution in [0.4, 0.5) is 16.0 Å². The molecule has 3 heterocycles. The first kappa shape index (κ1) is 19.6. The van der Waals surface area contributed by atoms with Crippen LogP contribution in [0.1, 0.15) is 6.42 Å². The number of anilines is 2. The second-order valence-electron chi connectivity index (χ2n) is 7.53. The summed E-state index contributed by atoms with van der Waals surface area (Å²) in [6.07, 6.45) is 2.13. The minimum absolute atomic E-state index is 0.219. The normalized spacial score (nSPS) is 18.2. The molecule has 1 amide bonds. The van der Waals surface area contributed by atoms with Crippen molar-refractivity contribution in [2.75, 3.05) is 10.6 Å². The summed E-state index contributed by atoms with van der Waals surface area (Å²) < 4.78 is 19.1. The molecule has 31 heavy (non-hydrogen) atoms. The van der Waals surface area contributed by atoms with E-state index in [-0.39, 0.29) is 12.2 Å². The standard InChI is InChI=1S/C20H13B3FN5O2/c21-20(22,23)29-17-11-7-25-16(28-18(30)10-5-13(10)24)6-9(11)12(8-26-17)19-27-14-3-1-2-4-15(14)31-19/h1-4,6-8,10,13H,5H2,(H,26,29)(H,25,28,30)/t10-,13-/m1/s1. The summed E-state index contributed by atoms with van der Waals surface area (Å²) in [5, 5.41) is 4.78. The number of nitrogens with zero attached hydrogens (tertiary/aromatic N) is 3. The third kappa shape index (κ3) is 3.87. The predicted octanol–water partition coefficient (Wildman–Crippen LogP) is 2.26. The van der Waals surface area contributed by atoms with Crippen LogP contribution in [0.15, 0.2) is 47.1 Å². The number of oxazole rings is 1. The molecule has 0 aliphatic heterocycles. The lowest BCUT2D eigenvalue weighted by Gasteiger charge is -2.24. The fraction of sp³-hybridized carbons (Fsp3) is 0.200. The van der Waals surface area contributed by atoms with Gasteiger partial charge in [-0.2, -0.15) is 0 Å². The van der Waals surface area contributed by atoms with E-state index in [0.29, 0.717) is 39.1 Å². The Morgan fingerprint density at radius 3 is 2.65 bits per heavy atom. The highest BCUT2D eigenvalue weighted by atomic mass is 19.1. The SMILES string of the molecule is [B]C([B])([B])Nc1ncc(-c2nc3ccccc3o2)c2cc(NC(=O)[C@@H]3C[C@H]3F)ncc12. The molecule has 3 aromatic heterocycles. The van der Waals surface area contributed by atoms with Gasteiger partial charge in [-0.15, -0.1) is 0 Å². The quantitative estimate of drug-likeness (QED) is 0.494. The Kier molecular flexibility index (Phi) is 4.50. The number of alkyl halides is 1. The molecule has 0 saturated heterocycles. The largest absolute Gasteiger partial charge is 0.436 e. The Bertz CT molecular complexity index is 1290. The highest BCUT2D eigenvalue weighted by Gasteiger charge is 2.43. The smallest absolute Gasteiger partial charge is 0.231 e. The van der Waals surface area contributed by atoms with Crippen LogP contribution < -0.4 is 10.6 Å². The van der Waals surface area contributed by atoms with Crippen LogP contribution in [0.25, 0.3) is 33.3 Å². The topological polar surface area (TPSA) is 92.9 Å². The van der Waals surface area contributed by atoms with Crippen molar-refractivity contribution in [1.82, 2.24) is 15.0 Å². The molecule has 1 saturated carbocycles. The van der Waals surface area contributed by atoms with E-state index in [2.05, 4.69) is 25.6 Å². The van der Waals surface area contributed by atoms with Crippen molar-refractivity contribution in [2.45, 2.75) is 17.8 Å². The molecule has 5 rings (SSSR count). The fourth-order valence-corrected chi connectivity index (χ4v) is 3.32. The van der Waals surface area contributed by atoms with Crippen LogP contribution >= 0.6 is 0 Å². The summed E-state index contributed by atoms with van der Waals surface area (Å²) in [5.41, 5.74) is 1.85. The molecule has 2 N–H and O–H groups in total. The summed E-state index contributed by atoms with van der Waals surface area (Å²) in [4.78, 5) is 25.3. The molecule has 1 aliphatic rings. The first-order valence-corrected chi connectivity index (χ1v) is 9.53. The van der Waals surface area contributed by atoms with Crippen molar-refractivity contribution in [3.05, 3.63) is 42.7 Å². The van der Waals surface area contributed by atoms with Crippen molar-refractivity contribution in [2.24, 2.45) is 5.92 Å². The molecule has 4 aromatic rings. The monoisotopic (exact) mass is 407 g/mol. The Labute approximate surface area is 180 Å². The maximum absolute atomic E-state index is 13.2. The molecule has 0 bridgehead atoms. The number of carbonyl (C=O) groups is 1. The maximum Gasteiger partial charge on any atom is 0.231 e. The van der Waals surface area contributed by atoms with Crippen LogP contribution in [0.2, 0.25) is 0 Å². The third-order valence-corrected chi connectivity index (χ3v) is 4.93. The molecule has 0 unspecified atom stereocenters. The van der Waals surface area contributed by atoms with Crippen molar-refractivity contribution < 1.29 is 13.6 Å². The lowest BCUT2D eigenvalue weighted by molar-refractivity contribution is -0.117. The molecule has 1 aliphatic carbocycles. The number of para-hydroxylation sites is 2. The number of rotatable bonds is 5. The number of benzene rings is 1. The van der Waals surface area contributed by atoms with Crippen molar-refractivity contribution in [3.63, 3.8) is 0 Å². The number of amides is 1. The van der Waals surface area contributed by atoms with Gasteiger partial charge in [0.05, 0.1) is 35.0 Å². The zero-order valence-corrected chi connectivity index (χ0v) is 16.2. The van der Waals surface area contributed by atoms with Crippen LogP contribution in [0.5, 0.6) is 0 Å². The zero-order valence-electron chi connectivity index (χ0n) is 16.2. The maximum atomic E-state index is 13.2. The number of halogens is 1.